The Kier molecular flexibility index (Phi) is 13.4. The molecule has 4 aliphatic heterocycles. The van der Waals surface area contributed by atoms with Crippen LogP contribution in [0.4, 0.5) is 35.5 Å². The molecule has 294 valence electrons. The highest BCUT2D eigenvalue weighted by Crippen LogP contribution is 2.36. The van der Waals surface area contributed by atoms with Gasteiger partial charge in [-0.25, -0.2) is 4.79 Å². The van der Waals surface area contributed by atoms with Gasteiger partial charge < -0.3 is 35.1 Å². The first kappa shape index (κ1) is 40.7. The molecule has 1 fully saturated rings. The maximum absolute atomic E-state index is 13.9. The fourth-order valence-corrected chi connectivity index (χ4v) is 6.87. The van der Waals surface area contributed by atoms with Crippen molar-refractivity contribution in [3.05, 3.63) is 58.6 Å². The van der Waals surface area contributed by atoms with Crippen molar-refractivity contribution >= 4 is 41.2 Å². The Balaban J connectivity index is 1.37. The number of rotatable bonds is 4. The normalized spacial score (nSPS) is 21.3. The Bertz CT molecular complexity index is 1750. The van der Waals surface area contributed by atoms with Gasteiger partial charge >= 0.3 is 18.3 Å². The van der Waals surface area contributed by atoms with E-state index < -0.39 is 24.2 Å². The lowest BCUT2D eigenvalue weighted by molar-refractivity contribution is -0.154. The number of aromatic nitrogens is 3. The second-order valence-electron chi connectivity index (χ2n) is 15.2. The van der Waals surface area contributed by atoms with Gasteiger partial charge in [-0.15, -0.1) is 0 Å². The number of anilines is 3. The number of hydrogen-bond acceptors (Lipinski definition) is 10. The van der Waals surface area contributed by atoms with E-state index in [0.717, 1.165) is 24.8 Å². The largest absolute Gasteiger partial charge is 0.492 e. The number of amides is 2. The number of halogens is 4. The third-order valence-corrected chi connectivity index (χ3v) is 9.77. The van der Waals surface area contributed by atoms with E-state index in [9.17, 15) is 22.8 Å². The standard InChI is InChI=1S/C38H49ClF3N7O5/c1-23(2)28-13-7-24(3)17-31(28)54-36(51)49-15-6-16-52-30-14-8-25(18-29(30)39)19-43-33-46-34(48-35(47-33)53-22-38(40,41)42)45-27-11-9-26(10-12-27)32(50)44-20-37(4,5)21-49/h8-12,14,18,23-24,28,31H,6-7,13,15-17,19-22H2,1-5H3,(H,44,50)(H2,43,45,46,47,48)/t24?,28-,31?/m1/s1. The fraction of sp³-hybridized carbons (Fsp3) is 0.553. The lowest BCUT2D eigenvalue weighted by Gasteiger charge is -2.39. The summed E-state index contributed by atoms with van der Waals surface area (Å²) in [6.07, 6.45) is -1.68. The van der Waals surface area contributed by atoms with Gasteiger partial charge in [-0.1, -0.05) is 58.7 Å². The van der Waals surface area contributed by atoms with Gasteiger partial charge in [-0.3, -0.25) is 4.79 Å². The molecule has 1 saturated carbocycles. The van der Waals surface area contributed by atoms with Crippen LogP contribution in [0.15, 0.2) is 42.5 Å². The van der Waals surface area contributed by atoms with Crippen LogP contribution in [0.3, 0.4) is 0 Å². The van der Waals surface area contributed by atoms with Crippen molar-refractivity contribution in [1.82, 2.24) is 25.2 Å². The van der Waals surface area contributed by atoms with Crippen LogP contribution in [0.25, 0.3) is 0 Å². The molecule has 54 heavy (non-hydrogen) atoms. The number of ether oxygens (including phenoxy) is 3. The van der Waals surface area contributed by atoms with Gasteiger partial charge in [-0.2, -0.15) is 28.1 Å². The number of hydrogen-bond donors (Lipinski definition) is 3. The fourth-order valence-electron chi connectivity index (χ4n) is 6.61. The zero-order valence-corrected chi connectivity index (χ0v) is 32.0. The molecule has 5 aliphatic rings. The van der Waals surface area contributed by atoms with Crippen LogP contribution in [-0.2, 0) is 11.3 Å². The van der Waals surface area contributed by atoms with Crippen LogP contribution >= 0.6 is 11.6 Å². The molecule has 5 heterocycles. The molecular weight excluding hydrogens is 727 g/mol. The second kappa shape index (κ2) is 17.7. The van der Waals surface area contributed by atoms with Gasteiger partial charge in [0.15, 0.2) is 6.61 Å². The maximum atomic E-state index is 13.9. The van der Waals surface area contributed by atoms with E-state index in [4.69, 9.17) is 25.8 Å². The smallest absolute Gasteiger partial charge is 0.422 e. The minimum Gasteiger partial charge on any atom is -0.492 e. The zero-order valence-electron chi connectivity index (χ0n) is 31.3. The summed E-state index contributed by atoms with van der Waals surface area (Å²) in [6.45, 7) is 10.3. The Morgan fingerprint density at radius 3 is 2.52 bits per heavy atom. The Morgan fingerprint density at radius 1 is 1.07 bits per heavy atom. The number of benzene rings is 2. The van der Waals surface area contributed by atoms with Crippen molar-refractivity contribution in [3.8, 4) is 11.8 Å². The van der Waals surface area contributed by atoms with E-state index >= 15 is 0 Å². The van der Waals surface area contributed by atoms with Gasteiger partial charge in [0.1, 0.15) is 11.9 Å². The first-order valence-corrected chi connectivity index (χ1v) is 18.6. The first-order chi connectivity index (χ1) is 25.5. The summed E-state index contributed by atoms with van der Waals surface area (Å²) >= 11 is 6.58. The van der Waals surface area contributed by atoms with E-state index in [1.165, 1.54) is 0 Å². The number of nitrogens with zero attached hydrogens (tertiary/aromatic N) is 4. The minimum absolute atomic E-state index is 0.0463. The Hall–Kier alpha value is -4.53. The number of nitrogens with one attached hydrogen (secondary N) is 3. The van der Waals surface area contributed by atoms with Crippen LogP contribution in [0.5, 0.6) is 11.8 Å². The predicted octanol–water partition coefficient (Wildman–Crippen LogP) is 8.26. The molecule has 1 aliphatic carbocycles. The molecule has 0 radical (unpaired) electrons. The van der Waals surface area contributed by atoms with Crippen LogP contribution in [-0.4, -0.2) is 77.0 Å². The zero-order chi connectivity index (χ0) is 39.0. The summed E-state index contributed by atoms with van der Waals surface area (Å²) in [7, 11) is 0. The van der Waals surface area contributed by atoms with E-state index in [1.807, 2.05) is 13.8 Å². The van der Waals surface area contributed by atoms with Crippen molar-refractivity contribution in [1.29, 1.82) is 0 Å². The van der Waals surface area contributed by atoms with E-state index in [0.29, 0.717) is 59.3 Å². The number of carbonyl (C=O) groups excluding carboxylic acids is 2. The molecule has 3 atom stereocenters. The topological polar surface area (TPSA) is 140 Å². The van der Waals surface area contributed by atoms with Crippen LogP contribution < -0.4 is 25.4 Å². The highest BCUT2D eigenvalue weighted by Gasteiger charge is 2.36. The van der Waals surface area contributed by atoms with Crippen molar-refractivity contribution in [2.24, 2.45) is 23.2 Å². The molecule has 2 unspecified atom stereocenters. The predicted molar refractivity (Wildman–Crippen MR) is 199 cm³/mol. The average Bonchev–Trinajstić information content (AvgIpc) is 3.10. The van der Waals surface area contributed by atoms with Gasteiger partial charge in [0.05, 0.1) is 11.6 Å². The highest BCUT2D eigenvalue weighted by molar-refractivity contribution is 6.32. The average molecular weight is 776 g/mol. The lowest BCUT2D eigenvalue weighted by Crippen LogP contribution is -2.47. The third-order valence-electron chi connectivity index (χ3n) is 9.48. The summed E-state index contributed by atoms with van der Waals surface area (Å²) in [5, 5.41) is 9.23. The first-order valence-electron chi connectivity index (χ1n) is 18.2. The van der Waals surface area contributed by atoms with Crippen LogP contribution in [0, 0.1) is 23.2 Å². The molecule has 0 saturated heterocycles. The summed E-state index contributed by atoms with van der Waals surface area (Å²) < 4.78 is 55.8. The highest BCUT2D eigenvalue weighted by atomic mass is 35.5. The summed E-state index contributed by atoms with van der Waals surface area (Å²) in [5.74, 6) is 1.15. The molecule has 3 N–H and O–H groups in total. The molecule has 3 aromatic rings. The van der Waals surface area contributed by atoms with Crippen LogP contribution in [0.1, 0.15) is 76.2 Å². The second-order valence-corrected chi connectivity index (χ2v) is 15.6. The van der Waals surface area contributed by atoms with E-state index in [2.05, 4.69) is 51.7 Å². The molecular formula is C38H49ClF3N7O5. The summed E-state index contributed by atoms with van der Waals surface area (Å²) in [6, 6.07) is 11.1. The minimum atomic E-state index is -4.60. The quantitative estimate of drug-likeness (QED) is 0.237. The van der Waals surface area contributed by atoms with Crippen molar-refractivity contribution in [3.63, 3.8) is 0 Å². The lowest BCUT2D eigenvalue weighted by atomic mass is 9.75. The SMILES string of the molecule is CC1CC[C@H](C(C)C)C(OC(=O)N2CCCOc3ccc(cc3Cl)CNc3nc(nc(OCC(F)(F)F)n3)Nc3ccc(cc3)C(=O)NCC(C)(C)C2)C1. The van der Waals surface area contributed by atoms with Gasteiger partial charge in [0.2, 0.25) is 11.9 Å². The molecule has 8 rings (SSSR count). The Labute approximate surface area is 318 Å². The number of carbonyl (C=O) groups is 2. The molecule has 12 nitrogen and oxygen atoms in total. The van der Waals surface area contributed by atoms with E-state index in [1.54, 1.807) is 47.4 Å². The summed E-state index contributed by atoms with van der Waals surface area (Å²) in [5.41, 5.74) is 1.03. The van der Waals surface area contributed by atoms with Crippen molar-refractivity contribution in [2.75, 3.05) is 43.5 Å². The molecule has 0 spiro atoms. The molecule has 2 aromatic carbocycles. The summed E-state index contributed by atoms with van der Waals surface area (Å²) in [4.78, 5) is 41.1. The molecule has 16 heteroatoms. The van der Waals surface area contributed by atoms with Crippen LogP contribution in [0.2, 0.25) is 5.02 Å². The molecule has 6 bridgehead atoms. The molecule has 1 aromatic heterocycles. The maximum Gasteiger partial charge on any atom is 0.422 e. The van der Waals surface area contributed by atoms with Gasteiger partial charge in [-0.05, 0) is 84.4 Å². The van der Waals surface area contributed by atoms with Gasteiger partial charge in [0.25, 0.3) is 5.91 Å². The van der Waals surface area contributed by atoms with Gasteiger partial charge in [0, 0.05) is 37.4 Å². The van der Waals surface area contributed by atoms with Crippen molar-refractivity contribution < 1.29 is 37.0 Å². The van der Waals surface area contributed by atoms with Crippen molar-refractivity contribution in [2.45, 2.75) is 79.1 Å². The molecule has 2 amide bonds. The van der Waals surface area contributed by atoms with E-state index in [-0.39, 0.29) is 49.7 Å². The third kappa shape index (κ3) is 12.0. The monoisotopic (exact) mass is 775 g/mol. The Morgan fingerprint density at radius 2 is 1.81 bits per heavy atom. The number of alkyl halides is 3.